The highest BCUT2D eigenvalue weighted by molar-refractivity contribution is 5.96. The number of anilines is 1. The number of benzene rings is 1. The zero-order valence-corrected chi connectivity index (χ0v) is 12.5. The van der Waals surface area contributed by atoms with Gasteiger partial charge in [0, 0.05) is 18.7 Å². The van der Waals surface area contributed by atoms with Gasteiger partial charge < -0.3 is 14.7 Å². The molecular weight excluding hydrogens is 270 g/mol. The smallest absolute Gasteiger partial charge is 0.306 e. The molecule has 0 aliphatic carbocycles. The van der Waals surface area contributed by atoms with E-state index in [1.807, 2.05) is 17.0 Å². The summed E-state index contributed by atoms with van der Waals surface area (Å²) in [5.41, 5.74) is 2.04. The van der Waals surface area contributed by atoms with Crippen LogP contribution in [-0.4, -0.2) is 30.1 Å². The molecule has 1 aliphatic rings. The maximum atomic E-state index is 12.1. The number of aliphatic carboxylic acids is 1. The lowest BCUT2D eigenvalue weighted by molar-refractivity contribution is -0.137. The fourth-order valence-corrected chi connectivity index (χ4v) is 2.45. The summed E-state index contributed by atoms with van der Waals surface area (Å²) in [5.74, 6) is 0.359. The molecule has 1 N–H and O–H groups in total. The summed E-state index contributed by atoms with van der Waals surface area (Å²) in [5, 5.41) is 8.61. The number of amides is 1. The molecule has 0 fully saturated rings. The number of nitrogens with zero attached hydrogens (tertiary/aromatic N) is 1. The van der Waals surface area contributed by atoms with Crippen LogP contribution in [0.5, 0.6) is 5.75 Å². The van der Waals surface area contributed by atoms with Crippen molar-refractivity contribution in [2.45, 2.75) is 33.1 Å². The summed E-state index contributed by atoms with van der Waals surface area (Å²) in [6.45, 7) is 5.05. The molecule has 1 heterocycles. The Kier molecular flexibility index (Phi) is 4.83. The number of carbonyl (C=O) groups excluding carboxylic acids is 1. The Morgan fingerprint density at radius 2 is 2.14 bits per heavy atom. The average Bonchev–Trinajstić information content (AvgIpc) is 2.41. The van der Waals surface area contributed by atoms with Gasteiger partial charge in [-0.25, -0.2) is 0 Å². The molecule has 21 heavy (non-hydrogen) atoms. The van der Waals surface area contributed by atoms with Gasteiger partial charge in [0.1, 0.15) is 5.75 Å². The van der Waals surface area contributed by atoms with E-state index in [2.05, 4.69) is 13.8 Å². The molecule has 0 aromatic heterocycles. The number of carboxylic acid groups (broad SMARTS) is 1. The molecule has 0 atom stereocenters. The molecule has 1 aromatic carbocycles. The van der Waals surface area contributed by atoms with E-state index in [1.54, 1.807) is 6.07 Å². The van der Waals surface area contributed by atoms with E-state index in [9.17, 15) is 9.59 Å². The molecule has 0 radical (unpaired) electrons. The summed E-state index contributed by atoms with van der Waals surface area (Å²) in [7, 11) is 0. The van der Waals surface area contributed by atoms with E-state index in [0.29, 0.717) is 31.1 Å². The summed E-state index contributed by atoms with van der Waals surface area (Å²) >= 11 is 0. The highest BCUT2D eigenvalue weighted by Gasteiger charge is 2.24. The van der Waals surface area contributed by atoms with Gasteiger partial charge in [-0.2, -0.15) is 0 Å². The highest BCUT2D eigenvalue weighted by atomic mass is 16.5. The Morgan fingerprint density at radius 3 is 2.81 bits per heavy atom. The number of carboxylic acids is 1. The summed E-state index contributed by atoms with van der Waals surface area (Å²) in [6, 6.07) is 5.61. The molecule has 0 spiro atoms. The summed E-state index contributed by atoms with van der Waals surface area (Å²) in [4.78, 5) is 24.4. The molecule has 1 amide bonds. The quantitative estimate of drug-likeness (QED) is 0.874. The van der Waals surface area contributed by atoms with Gasteiger partial charge in [0.15, 0.2) is 0 Å². The van der Waals surface area contributed by atoms with Crippen molar-refractivity contribution in [3.8, 4) is 5.75 Å². The van der Waals surface area contributed by atoms with E-state index < -0.39 is 5.97 Å². The minimum atomic E-state index is -0.873. The van der Waals surface area contributed by atoms with Gasteiger partial charge in [-0.1, -0.05) is 13.8 Å². The van der Waals surface area contributed by atoms with Crippen molar-refractivity contribution in [1.82, 2.24) is 0 Å². The molecule has 114 valence electrons. The third kappa shape index (κ3) is 3.97. The van der Waals surface area contributed by atoms with Crippen LogP contribution in [0.2, 0.25) is 0 Å². The van der Waals surface area contributed by atoms with Crippen LogP contribution in [0.15, 0.2) is 18.2 Å². The third-order valence-electron chi connectivity index (χ3n) is 3.38. The van der Waals surface area contributed by atoms with Crippen molar-refractivity contribution in [1.29, 1.82) is 0 Å². The van der Waals surface area contributed by atoms with Crippen LogP contribution in [0.4, 0.5) is 5.69 Å². The van der Waals surface area contributed by atoms with E-state index in [0.717, 1.165) is 11.3 Å². The van der Waals surface area contributed by atoms with Gasteiger partial charge in [-0.15, -0.1) is 0 Å². The average molecular weight is 291 g/mol. The molecular formula is C16H21NO4. The highest BCUT2D eigenvalue weighted by Crippen LogP contribution is 2.31. The first-order valence-electron chi connectivity index (χ1n) is 7.25. The minimum Gasteiger partial charge on any atom is -0.493 e. The number of hydrogen-bond donors (Lipinski definition) is 1. The molecule has 0 saturated carbocycles. The van der Waals surface area contributed by atoms with Crippen LogP contribution in [0.3, 0.4) is 0 Å². The maximum Gasteiger partial charge on any atom is 0.306 e. The lowest BCUT2D eigenvalue weighted by Gasteiger charge is -2.31. The molecule has 2 rings (SSSR count). The lowest BCUT2D eigenvalue weighted by atomic mass is 9.99. The number of fused-ring (bicyclic) bond motifs is 1. The lowest BCUT2D eigenvalue weighted by Crippen LogP contribution is -2.37. The number of ether oxygens (including phenoxy) is 1. The fourth-order valence-electron chi connectivity index (χ4n) is 2.45. The number of rotatable bonds is 6. The predicted octanol–water partition coefficient (Wildman–Crippen LogP) is 2.48. The normalized spacial score (nSPS) is 14.2. The zero-order valence-electron chi connectivity index (χ0n) is 12.5. The summed E-state index contributed by atoms with van der Waals surface area (Å²) < 4.78 is 5.44. The topological polar surface area (TPSA) is 66.8 Å². The largest absolute Gasteiger partial charge is 0.493 e. The van der Waals surface area contributed by atoms with Crippen LogP contribution in [0.25, 0.3) is 0 Å². The maximum absolute atomic E-state index is 12.1. The molecule has 0 saturated heterocycles. The first-order chi connectivity index (χ1) is 9.97. The fraction of sp³-hybridized carbons (Fsp3) is 0.500. The third-order valence-corrected chi connectivity index (χ3v) is 3.38. The van der Waals surface area contributed by atoms with Crippen LogP contribution < -0.4 is 9.64 Å². The first kappa shape index (κ1) is 15.4. The van der Waals surface area contributed by atoms with Crippen LogP contribution in [0, 0.1) is 5.92 Å². The first-order valence-corrected chi connectivity index (χ1v) is 7.25. The van der Waals surface area contributed by atoms with Crippen molar-refractivity contribution in [3.05, 3.63) is 23.8 Å². The van der Waals surface area contributed by atoms with E-state index >= 15 is 0 Å². The predicted molar refractivity (Wildman–Crippen MR) is 79.7 cm³/mol. The van der Waals surface area contributed by atoms with Gasteiger partial charge in [0.05, 0.1) is 13.0 Å². The van der Waals surface area contributed by atoms with Gasteiger partial charge in [0.25, 0.3) is 0 Å². The zero-order chi connectivity index (χ0) is 15.4. The Labute approximate surface area is 124 Å². The second kappa shape index (κ2) is 6.61. The van der Waals surface area contributed by atoms with Crippen molar-refractivity contribution in [2.24, 2.45) is 5.92 Å². The molecule has 1 aliphatic heterocycles. The van der Waals surface area contributed by atoms with Crippen molar-refractivity contribution in [3.63, 3.8) is 0 Å². The Morgan fingerprint density at radius 1 is 1.38 bits per heavy atom. The SMILES string of the molecule is CC(C)CN1C(=O)CCc2cc(OCCC(=O)O)ccc21. The number of hydrogen-bond acceptors (Lipinski definition) is 3. The Hall–Kier alpha value is -2.04. The Bertz CT molecular complexity index is 539. The molecule has 5 nitrogen and oxygen atoms in total. The van der Waals surface area contributed by atoms with E-state index in [4.69, 9.17) is 9.84 Å². The molecule has 5 heteroatoms. The van der Waals surface area contributed by atoms with E-state index in [-0.39, 0.29) is 18.9 Å². The van der Waals surface area contributed by atoms with Crippen molar-refractivity contribution >= 4 is 17.6 Å². The van der Waals surface area contributed by atoms with Crippen LogP contribution >= 0.6 is 0 Å². The van der Waals surface area contributed by atoms with Crippen molar-refractivity contribution in [2.75, 3.05) is 18.1 Å². The number of carbonyl (C=O) groups is 2. The van der Waals surface area contributed by atoms with E-state index in [1.165, 1.54) is 0 Å². The van der Waals surface area contributed by atoms with Gasteiger partial charge in [-0.3, -0.25) is 9.59 Å². The van der Waals surface area contributed by atoms with Gasteiger partial charge in [0.2, 0.25) is 5.91 Å². The summed E-state index contributed by atoms with van der Waals surface area (Å²) in [6.07, 6.45) is 1.20. The van der Waals surface area contributed by atoms with Crippen LogP contribution in [0.1, 0.15) is 32.3 Å². The van der Waals surface area contributed by atoms with Crippen LogP contribution in [-0.2, 0) is 16.0 Å². The monoisotopic (exact) mass is 291 g/mol. The van der Waals surface area contributed by atoms with Gasteiger partial charge >= 0.3 is 5.97 Å². The van der Waals surface area contributed by atoms with Gasteiger partial charge in [-0.05, 0) is 36.1 Å². The molecule has 0 unspecified atom stereocenters. The Balaban J connectivity index is 2.12. The second-order valence-electron chi connectivity index (χ2n) is 5.68. The number of aryl methyl sites for hydroxylation is 1. The second-order valence-corrected chi connectivity index (χ2v) is 5.68. The standard InChI is InChI=1S/C16H21NO4/c1-11(2)10-17-14-5-4-13(21-8-7-16(19)20)9-12(14)3-6-15(17)18/h4-5,9,11H,3,6-8,10H2,1-2H3,(H,19,20). The minimum absolute atomic E-state index is 0.0188. The van der Waals surface area contributed by atoms with Crippen molar-refractivity contribution < 1.29 is 19.4 Å². The molecule has 0 bridgehead atoms. The molecule has 1 aromatic rings.